The Balaban J connectivity index is 3.54. The van der Waals surface area contributed by atoms with E-state index in [1.165, 1.54) is 26.2 Å². The summed E-state index contributed by atoms with van der Waals surface area (Å²) >= 11 is 0. The molecule has 0 heterocycles. The standard InChI is InChI=1S/C13H13N3O4/c1-8-4-5-9(11(6-8)16(19)20)12(17)10(7-14)13(18)15(2)3/h4-6,17H,1-3H3. The Hall–Kier alpha value is -2.88. The summed E-state index contributed by atoms with van der Waals surface area (Å²) in [5, 5.41) is 30.0. The van der Waals surface area contributed by atoms with Crippen molar-refractivity contribution in [2.75, 3.05) is 14.1 Å². The molecule has 1 N–H and O–H groups in total. The molecule has 0 aliphatic rings. The summed E-state index contributed by atoms with van der Waals surface area (Å²) in [5.41, 5.74) is -0.429. The Morgan fingerprint density at radius 3 is 2.50 bits per heavy atom. The molecule has 0 saturated carbocycles. The fraction of sp³-hybridized carbons (Fsp3) is 0.231. The fourth-order valence-corrected chi connectivity index (χ4v) is 1.55. The monoisotopic (exact) mass is 275 g/mol. The van der Waals surface area contributed by atoms with Crippen LogP contribution in [0.1, 0.15) is 11.1 Å². The highest BCUT2D eigenvalue weighted by molar-refractivity contribution is 6.03. The first-order valence-electron chi connectivity index (χ1n) is 5.60. The second kappa shape index (κ2) is 5.84. The first-order chi connectivity index (χ1) is 9.29. The van der Waals surface area contributed by atoms with E-state index in [2.05, 4.69) is 0 Å². The number of carbonyl (C=O) groups is 1. The van der Waals surface area contributed by atoms with Crippen LogP contribution in [0.25, 0.3) is 5.76 Å². The molecule has 0 saturated heterocycles. The zero-order valence-electron chi connectivity index (χ0n) is 11.2. The van der Waals surface area contributed by atoms with E-state index >= 15 is 0 Å². The molecule has 1 amide bonds. The summed E-state index contributed by atoms with van der Waals surface area (Å²) in [6, 6.07) is 5.70. The normalized spacial score (nSPS) is 11.3. The molecular weight excluding hydrogens is 262 g/mol. The average molecular weight is 275 g/mol. The van der Waals surface area contributed by atoms with E-state index in [0.717, 1.165) is 4.90 Å². The molecule has 0 aromatic heterocycles. The van der Waals surface area contributed by atoms with Crippen molar-refractivity contribution in [2.45, 2.75) is 6.92 Å². The van der Waals surface area contributed by atoms with Crippen molar-refractivity contribution in [3.8, 4) is 6.07 Å². The zero-order valence-corrected chi connectivity index (χ0v) is 11.2. The van der Waals surface area contributed by atoms with Crippen molar-refractivity contribution in [3.05, 3.63) is 45.0 Å². The zero-order chi connectivity index (χ0) is 15.4. The van der Waals surface area contributed by atoms with Gasteiger partial charge in [0.1, 0.15) is 6.07 Å². The van der Waals surface area contributed by atoms with Crippen LogP contribution in [0, 0.1) is 28.4 Å². The van der Waals surface area contributed by atoms with Crippen molar-refractivity contribution < 1.29 is 14.8 Å². The molecule has 0 fully saturated rings. The number of nitro groups is 1. The van der Waals surface area contributed by atoms with Crippen LogP contribution >= 0.6 is 0 Å². The SMILES string of the molecule is Cc1ccc(C(O)=C(C#N)C(=O)N(C)C)c([N+](=O)[O-])c1. The molecule has 0 radical (unpaired) electrons. The highest BCUT2D eigenvalue weighted by Gasteiger charge is 2.24. The van der Waals surface area contributed by atoms with Gasteiger partial charge in [-0.05, 0) is 18.6 Å². The van der Waals surface area contributed by atoms with Gasteiger partial charge in [0.25, 0.3) is 11.6 Å². The largest absolute Gasteiger partial charge is 0.505 e. The van der Waals surface area contributed by atoms with Crippen LogP contribution in [-0.2, 0) is 4.79 Å². The van der Waals surface area contributed by atoms with E-state index < -0.39 is 22.2 Å². The molecule has 0 aliphatic carbocycles. The number of aliphatic hydroxyl groups is 1. The predicted molar refractivity (Wildman–Crippen MR) is 71.7 cm³/mol. The number of carbonyl (C=O) groups excluding carboxylic acids is 1. The molecular formula is C13H13N3O4. The molecule has 1 rings (SSSR count). The van der Waals surface area contributed by atoms with Crippen molar-refractivity contribution in [2.24, 2.45) is 0 Å². The van der Waals surface area contributed by atoms with Gasteiger partial charge in [0.15, 0.2) is 11.3 Å². The molecule has 104 valence electrons. The lowest BCUT2D eigenvalue weighted by molar-refractivity contribution is -0.385. The van der Waals surface area contributed by atoms with Crippen LogP contribution in [-0.4, -0.2) is 34.9 Å². The van der Waals surface area contributed by atoms with E-state index in [1.54, 1.807) is 19.1 Å². The van der Waals surface area contributed by atoms with Gasteiger partial charge in [-0.1, -0.05) is 6.07 Å². The third kappa shape index (κ3) is 2.92. The van der Waals surface area contributed by atoms with Crippen molar-refractivity contribution in [1.82, 2.24) is 4.90 Å². The Bertz CT molecular complexity index is 642. The Morgan fingerprint density at radius 2 is 2.05 bits per heavy atom. The molecule has 0 atom stereocenters. The molecule has 0 bridgehead atoms. The molecule has 0 unspecified atom stereocenters. The van der Waals surface area contributed by atoms with Gasteiger partial charge in [-0.2, -0.15) is 5.26 Å². The average Bonchev–Trinajstić information content (AvgIpc) is 2.38. The molecule has 0 aliphatic heterocycles. The van der Waals surface area contributed by atoms with E-state index in [1.807, 2.05) is 0 Å². The van der Waals surface area contributed by atoms with Crippen LogP contribution in [0.15, 0.2) is 23.8 Å². The lowest BCUT2D eigenvalue weighted by Gasteiger charge is -2.11. The topological polar surface area (TPSA) is 107 Å². The maximum absolute atomic E-state index is 11.8. The number of likely N-dealkylation sites (N-methyl/N-ethyl adjacent to an activating group) is 1. The second-order valence-electron chi connectivity index (χ2n) is 4.31. The summed E-state index contributed by atoms with van der Waals surface area (Å²) in [7, 11) is 2.83. The summed E-state index contributed by atoms with van der Waals surface area (Å²) in [4.78, 5) is 23.2. The molecule has 7 heteroatoms. The van der Waals surface area contributed by atoms with E-state index in [-0.39, 0.29) is 11.3 Å². The maximum atomic E-state index is 11.8. The van der Waals surface area contributed by atoms with E-state index in [9.17, 15) is 20.0 Å². The smallest absolute Gasteiger partial charge is 0.280 e. The van der Waals surface area contributed by atoms with Crippen LogP contribution in [0.4, 0.5) is 5.69 Å². The van der Waals surface area contributed by atoms with Crippen LogP contribution in [0.5, 0.6) is 0 Å². The van der Waals surface area contributed by atoms with Crippen LogP contribution in [0.3, 0.4) is 0 Å². The Kier molecular flexibility index (Phi) is 4.43. The van der Waals surface area contributed by atoms with E-state index in [4.69, 9.17) is 5.26 Å². The lowest BCUT2D eigenvalue weighted by Crippen LogP contribution is -2.24. The number of benzene rings is 1. The molecule has 1 aromatic rings. The third-order valence-corrected chi connectivity index (χ3v) is 2.57. The van der Waals surface area contributed by atoms with Crippen LogP contribution < -0.4 is 0 Å². The number of nitriles is 1. The minimum atomic E-state index is -0.722. The number of rotatable bonds is 3. The number of hydrogen-bond acceptors (Lipinski definition) is 5. The summed E-state index contributed by atoms with van der Waals surface area (Å²) in [5.74, 6) is -1.42. The van der Waals surface area contributed by atoms with Crippen molar-refractivity contribution in [3.63, 3.8) is 0 Å². The number of hydrogen-bond donors (Lipinski definition) is 1. The van der Waals surface area contributed by atoms with Gasteiger partial charge in [0.2, 0.25) is 0 Å². The van der Waals surface area contributed by atoms with Gasteiger partial charge in [-0.15, -0.1) is 0 Å². The highest BCUT2D eigenvalue weighted by Crippen LogP contribution is 2.27. The highest BCUT2D eigenvalue weighted by atomic mass is 16.6. The summed E-state index contributed by atoms with van der Waals surface area (Å²) in [6.07, 6.45) is 0. The van der Waals surface area contributed by atoms with Gasteiger partial charge in [-0.25, -0.2) is 0 Å². The predicted octanol–water partition coefficient (Wildman–Crippen LogP) is 1.78. The second-order valence-corrected chi connectivity index (χ2v) is 4.31. The third-order valence-electron chi connectivity index (χ3n) is 2.57. The van der Waals surface area contributed by atoms with Gasteiger partial charge in [0.05, 0.1) is 10.5 Å². The Morgan fingerprint density at radius 1 is 1.45 bits per heavy atom. The number of amides is 1. The number of aliphatic hydroxyl groups excluding tert-OH is 1. The van der Waals surface area contributed by atoms with Gasteiger partial charge in [0, 0.05) is 20.2 Å². The van der Waals surface area contributed by atoms with E-state index in [0.29, 0.717) is 5.56 Å². The minimum Gasteiger partial charge on any atom is -0.505 e. The fourth-order valence-electron chi connectivity index (χ4n) is 1.55. The van der Waals surface area contributed by atoms with Crippen molar-refractivity contribution >= 4 is 17.4 Å². The quantitative estimate of drug-likeness (QED) is 0.297. The van der Waals surface area contributed by atoms with Gasteiger partial charge in [-0.3, -0.25) is 14.9 Å². The summed E-state index contributed by atoms with van der Waals surface area (Å²) < 4.78 is 0. The lowest BCUT2D eigenvalue weighted by atomic mass is 10.0. The molecule has 0 spiro atoms. The maximum Gasteiger partial charge on any atom is 0.280 e. The molecule has 1 aromatic carbocycles. The van der Waals surface area contributed by atoms with Gasteiger partial charge >= 0.3 is 0 Å². The Labute approximate surface area is 115 Å². The first kappa shape index (κ1) is 15.2. The first-order valence-corrected chi connectivity index (χ1v) is 5.60. The molecule has 20 heavy (non-hydrogen) atoms. The van der Waals surface area contributed by atoms with Crippen LogP contribution in [0.2, 0.25) is 0 Å². The number of aryl methyl sites for hydroxylation is 1. The summed E-state index contributed by atoms with van der Waals surface area (Å²) in [6.45, 7) is 1.66. The minimum absolute atomic E-state index is 0.160. The molecule has 7 nitrogen and oxygen atoms in total. The number of nitrogens with zero attached hydrogens (tertiary/aromatic N) is 3. The number of nitro benzene ring substituents is 1. The van der Waals surface area contributed by atoms with Crippen molar-refractivity contribution in [1.29, 1.82) is 5.26 Å². The van der Waals surface area contributed by atoms with Gasteiger partial charge < -0.3 is 10.0 Å².